The van der Waals surface area contributed by atoms with Crippen molar-refractivity contribution in [3.63, 3.8) is 0 Å². The fourth-order valence-electron chi connectivity index (χ4n) is 1.76. The number of carbonyl (C=O) groups excluding carboxylic acids is 1. The fourth-order valence-corrected chi connectivity index (χ4v) is 2.29. The highest BCUT2D eigenvalue weighted by molar-refractivity contribution is 9.10. The van der Waals surface area contributed by atoms with Gasteiger partial charge < -0.3 is 0 Å². The molecule has 0 atom stereocenters. The predicted octanol–water partition coefficient (Wildman–Crippen LogP) is 6.12. The van der Waals surface area contributed by atoms with E-state index in [2.05, 4.69) is 36.9 Å². The fraction of sp³-hybridized carbons (Fsp3) is 0.125. The molecule has 0 spiro atoms. The number of hydrogen-bond donors (Lipinski definition) is 0. The molecule has 0 saturated heterocycles. The number of carbonyl (C=O) groups is 1. The van der Waals surface area contributed by atoms with E-state index in [9.17, 15) is 18.0 Å². The van der Waals surface area contributed by atoms with Gasteiger partial charge in [0.25, 0.3) is 0 Å². The average Bonchev–Trinajstić information content (AvgIpc) is 2.48. The molecule has 7 heteroatoms. The SMILES string of the molecule is O=C(CC(=Nc1ccc(Br)cc1)C(F)(F)F)c1ccc(Br)cc1. The van der Waals surface area contributed by atoms with E-state index in [1.807, 2.05) is 0 Å². The van der Waals surface area contributed by atoms with Crippen LogP contribution < -0.4 is 0 Å². The lowest BCUT2D eigenvalue weighted by molar-refractivity contribution is -0.0601. The zero-order chi connectivity index (χ0) is 17.0. The van der Waals surface area contributed by atoms with Crippen molar-refractivity contribution in [3.05, 3.63) is 63.0 Å². The molecule has 0 unspecified atom stereocenters. The van der Waals surface area contributed by atoms with Gasteiger partial charge in [0.2, 0.25) is 0 Å². The molecule has 0 radical (unpaired) electrons. The van der Waals surface area contributed by atoms with Gasteiger partial charge in [-0.3, -0.25) is 4.79 Å². The summed E-state index contributed by atoms with van der Waals surface area (Å²) in [5, 5.41) is 0. The number of alkyl halides is 3. The van der Waals surface area contributed by atoms with E-state index < -0.39 is 24.1 Å². The number of hydrogen-bond acceptors (Lipinski definition) is 2. The standard InChI is InChI=1S/C16H10Br2F3NO/c17-11-3-1-10(2-4-11)14(23)9-15(16(19,20)21)22-13-7-5-12(18)6-8-13/h1-8H,9H2. The Morgan fingerprint density at radius 3 is 1.87 bits per heavy atom. The highest BCUT2D eigenvalue weighted by Gasteiger charge is 2.37. The van der Waals surface area contributed by atoms with E-state index in [1.165, 1.54) is 24.3 Å². The van der Waals surface area contributed by atoms with E-state index in [0.717, 1.165) is 8.95 Å². The number of ketones is 1. The van der Waals surface area contributed by atoms with Crippen LogP contribution in [0.15, 0.2) is 62.5 Å². The van der Waals surface area contributed by atoms with E-state index in [1.54, 1.807) is 24.3 Å². The molecule has 120 valence electrons. The van der Waals surface area contributed by atoms with Gasteiger partial charge in [-0.05, 0) is 36.4 Å². The molecule has 0 aliphatic rings. The molecule has 0 aromatic heterocycles. The quantitative estimate of drug-likeness (QED) is 0.409. The summed E-state index contributed by atoms with van der Waals surface area (Å²) < 4.78 is 40.9. The van der Waals surface area contributed by atoms with Crippen LogP contribution in [0.25, 0.3) is 0 Å². The summed E-state index contributed by atoms with van der Waals surface area (Å²) >= 11 is 6.41. The van der Waals surface area contributed by atoms with Gasteiger partial charge in [0, 0.05) is 14.5 Å². The van der Waals surface area contributed by atoms with Crippen LogP contribution in [0, 0.1) is 0 Å². The molecule has 0 aliphatic carbocycles. The third-order valence-corrected chi connectivity index (χ3v) is 3.97. The molecular weight excluding hydrogens is 439 g/mol. The average molecular weight is 449 g/mol. The maximum atomic E-state index is 13.1. The minimum atomic E-state index is -4.67. The van der Waals surface area contributed by atoms with Crippen molar-refractivity contribution in [1.29, 1.82) is 0 Å². The molecular formula is C16H10Br2F3NO. The third-order valence-electron chi connectivity index (χ3n) is 2.91. The lowest BCUT2D eigenvalue weighted by Crippen LogP contribution is -2.25. The number of aliphatic imine (C=N–C) groups is 1. The number of nitrogens with zero attached hydrogens (tertiary/aromatic N) is 1. The van der Waals surface area contributed by atoms with Crippen LogP contribution in [0.3, 0.4) is 0 Å². The van der Waals surface area contributed by atoms with Crippen LogP contribution in [-0.4, -0.2) is 17.7 Å². The Bertz CT molecular complexity index is 722. The van der Waals surface area contributed by atoms with Gasteiger partial charge >= 0.3 is 6.18 Å². The highest BCUT2D eigenvalue weighted by atomic mass is 79.9. The second-order valence-corrected chi connectivity index (χ2v) is 6.47. The maximum Gasteiger partial charge on any atom is 0.429 e. The van der Waals surface area contributed by atoms with E-state index >= 15 is 0 Å². The summed E-state index contributed by atoms with van der Waals surface area (Å²) in [6.07, 6.45) is -5.47. The van der Waals surface area contributed by atoms with Crippen molar-refractivity contribution in [3.8, 4) is 0 Å². The summed E-state index contributed by atoms with van der Waals surface area (Å²) in [6.45, 7) is 0. The summed E-state index contributed by atoms with van der Waals surface area (Å²) in [5.41, 5.74) is -0.766. The second kappa shape index (κ2) is 7.40. The zero-order valence-corrected chi connectivity index (χ0v) is 14.7. The maximum absolute atomic E-state index is 13.1. The molecule has 0 bridgehead atoms. The molecule has 23 heavy (non-hydrogen) atoms. The molecule has 2 rings (SSSR count). The van der Waals surface area contributed by atoms with Gasteiger partial charge in [0.05, 0.1) is 12.1 Å². The topological polar surface area (TPSA) is 29.4 Å². The van der Waals surface area contributed by atoms with Crippen LogP contribution in [0.4, 0.5) is 18.9 Å². The van der Waals surface area contributed by atoms with Gasteiger partial charge in [0.15, 0.2) is 5.78 Å². The number of Topliss-reactive ketones (excluding diaryl/α,β-unsaturated/α-hetero) is 1. The monoisotopic (exact) mass is 447 g/mol. The summed E-state index contributed by atoms with van der Waals surface area (Å²) in [4.78, 5) is 15.6. The number of rotatable bonds is 4. The Labute approximate surface area is 147 Å². The van der Waals surface area contributed by atoms with E-state index in [4.69, 9.17) is 0 Å². The first-order chi connectivity index (χ1) is 10.8. The van der Waals surface area contributed by atoms with Crippen LogP contribution in [-0.2, 0) is 0 Å². The minimum absolute atomic E-state index is 0.143. The summed E-state index contributed by atoms with van der Waals surface area (Å²) in [6, 6.07) is 12.2. The predicted molar refractivity (Wildman–Crippen MR) is 90.4 cm³/mol. The van der Waals surface area contributed by atoms with Gasteiger partial charge in [-0.15, -0.1) is 0 Å². The van der Waals surface area contributed by atoms with Crippen molar-refractivity contribution in [1.82, 2.24) is 0 Å². The number of halogens is 5. The molecule has 0 N–H and O–H groups in total. The van der Waals surface area contributed by atoms with Crippen molar-refractivity contribution in [2.75, 3.05) is 0 Å². The van der Waals surface area contributed by atoms with Gasteiger partial charge in [-0.2, -0.15) is 13.2 Å². The minimum Gasteiger partial charge on any atom is -0.294 e. The van der Waals surface area contributed by atoms with Crippen LogP contribution in [0.5, 0.6) is 0 Å². The molecule has 2 nitrogen and oxygen atoms in total. The molecule has 0 aliphatic heterocycles. The Balaban J connectivity index is 2.27. The molecule has 0 fully saturated rings. The second-order valence-electron chi connectivity index (χ2n) is 4.64. The van der Waals surface area contributed by atoms with Gasteiger partial charge in [0.1, 0.15) is 5.71 Å². The van der Waals surface area contributed by atoms with Crippen molar-refractivity contribution in [2.24, 2.45) is 4.99 Å². The van der Waals surface area contributed by atoms with Crippen LogP contribution in [0.2, 0.25) is 0 Å². The lowest BCUT2D eigenvalue weighted by Gasteiger charge is -2.10. The van der Waals surface area contributed by atoms with Crippen molar-refractivity contribution >= 4 is 49.0 Å². The molecule has 2 aromatic rings. The van der Waals surface area contributed by atoms with E-state index in [0.29, 0.717) is 0 Å². The van der Waals surface area contributed by atoms with Crippen LogP contribution in [0.1, 0.15) is 16.8 Å². The smallest absolute Gasteiger partial charge is 0.294 e. The number of benzene rings is 2. The Hall–Kier alpha value is -1.47. The zero-order valence-electron chi connectivity index (χ0n) is 11.6. The van der Waals surface area contributed by atoms with Gasteiger partial charge in [-0.1, -0.05) is 44.0 Å². The largest absolute Gasteiger partial charge is 0.429 e. The summed E-state index contributed by atoms with van der Waals surface area (Å²) in [5.74, 6) is -0.634. The van der Waals surface area contributed by atoms with Crippen molar-refractivity contribution in [2.45, 2.75) is 12.6 Å². The molecule has 2 aromatic carbocycles. The Morgan fingerprint density at radius 2 is 1.39 bits per heavy atom. The van der Waals surface area contributed by atoms with E-state index in [-0.39, 0.29) is 11.3 Å². The molecule has 0 heterocycles. The summed E-state index contributed by atoms with van der Waals surface area (Å²) in [7, 11) is 0. The highest BCUT2D eigenvalue weighted by Crippen LogP contribution is 2.25. The van der Waals surface area contributed by atoms with Gasteiger partial charge in [-0.25, -0.2) is 4.99 Å². The first-order valence-electron chi connectivity index (χ1n) is 6.45. The Morgan fingerprint density at radius 1 is 0.913 bits per heavy atom. The van der Waals surface area contributed by atoms with Crippen LogP contribution >= 0.6 is 31.9 Å². The third kappa shape index (κ3) is 5.28. The molecule has 0 amide bonds. The first kappa shape index (κ1) is 17.9. The normalized spacial score (nSPS) is 12.3. The Kier molecular flexibility index (Phi) is 5.75. The molecule has 0 saturated carbocycles. The first-order valence-corrected chi connectivity index (χ1v) is 8.03. The lowest BCUT2D eigenvalue weighted by atomic mass is 10.1. The van der Waals surface area contributed by atoms with Crippen molar-refractivity contribution < 1.29 is 18.0 Å².